The summed E-state index contributed by atoms with van der Waals surface area (Å²) in [5, 5.41) is 12.3. The number of benzene rings is 1. The van der Waals surface area contributed by atoms with Crippen LogP contribution in [0.4, 0.5) is 0 Å². The van der Waals surface area contributed by atoms with Gasteiger partial charge in [-0.2, -0.15) is 0 Å². The molecule has 0 atom stereocenters. The Balaban J connectivity index is 1.94. The van der Waals surface area contributed by atoms with E-state index in [0.29, 0.717) is 22.5 Å². The average molecular weight is 397 g/mol. The molecule has 140 valence electrons. The molecule has 2 aromatic rings. The van der Waals surface area contributed by atoms with Crippen LogP contribution < -0.4 is 5.32 Å². The Morgan fingerprint density at radius 1 is 1.27 bits per heavy atom. The van der Waals surface area contributed by atoms with Gasteiger partial charge in [-0.1, -0.05) is 23.4 Å². The van der Waals surface area contributed by atoms with Gasteiger partial charge in [-0.05, 0) is 45.0 Å². The Morgan fingerprint density at radius 3 is 2.58 bits per heavy atom. The summed E-state index contributed by atoms with van der Waals surface area (Å²) in [5.41, 5.74) is 0.892. The molecule has 0 saturated heterocycles. The van der Waals surface area contributed by atoms with Crippen LogP contribution in [0.1, 0.15) is 20.8 Å². The second-order valence-corrected chi connectivity index (χ2v) is 7.11. The molecular weight excluding hydrogens is 376 g/mol. The van der Waals surface area contributed by atoms with Crippen molar-refractivity contribution in [2.45, 2.75) is 38.5 Å². The zero-order chi connectivity index (χ0) is 19.1. The number of nitrogens with one attached hydrogen (secondary N) is 1. The predicted molar refractivity (Wildman–Crippen MR) is 101 cm³/mol. The quantitative estimate of drug-likeness (QED) is 0.545. The van der Waals surface area contributed by atoms with Crippen LogP contribution in [-0.4, -0.2) is 45.0 Å². The van der Waals surface area contributed by atoms with Crippen molar-refractivity contribution in [1.82, 2.24) is 20.1 Å². The fourth-order valence-electron chi connectivity index (χ4n) is 2.17. The molecule has 0 aliphatic carbocycles. The summed E-state index contributed by atoms with van der Waals surface area (Å²) in [7, 11) is 0. The third-order valence-electron chi connectivity index (χ3n) is 3.27. The summed E-state index contributed by atoms with van der Waals surface area (Å²) in [4.78, 5) is 23.3. The van der Waals surface area contributed by atoms with Gasteiger partial charge in [0.25, 0.3) is 5.91 Å². The number of hydrogen-bond donors (Lipinski definition) is 1. The van der Waals surface area contributed by atoms with Crippen molar-refractivity contribution in [2.24, 2.45) is 0 Å². The zero-order valence-corrected chi connectivity index (χ0v) is 16.4. The maximum Gasteiger partial charge on any atom is 0.316 e. The summed E-state index contributed by atoms with van der Waals surface area (Å²) in [5.74, 6) is -0.0442. The highest BCUT2D eigenvalue weighted by Gasteiger charge is 2.15. The molecule has 1 N–H and O–H groups in total. The number of hydrogen-bond acceptors (Lipinski definition) is 6. The number of carbonyl (C=O) groups excluding carboxylic acids is 2. The first kappa shape index (κ1) is 20.3. The van der Waals surface area contributed by atoms with E-state index in [0.717, 1.165) is 5.56 Å². The van der Waals surface area contributed by atoms with Crippen molar-refractivity contribution < 1.29 is 14.3 Å². The van der Waals surface area contributed by atoms with Gasteiger partial charge < -0.3 is 14.6 Å². The van der Waals surface area contributed by atoms with Gasteiger partial charge in [0, 0.05) is 23.2 Å². The molecule has 0 radical (unpaired) electrons. The summed E-state index contributed by atoms with van der Waals surface area (Å²) >= 11 is 7.14. The highest BCUT2D eigenvalue weighted by molar-refractivity contribution is 7.99. The number of carbonyl (C=O) groups is 2. The Bertz CT molecular complexity index is 762. The van der Waals surface area contributed by atoms with Crippen LogP contribution in [0.5, 0.6) is 0 Å². The standard InChI is InChI=1S/C17H21ClN4O3S/c1-4-22-16(12-5-7-13(18)8-6-12)20-21-17(22)26-10-15(24)25-9-14(23)19-11(2)3/h5-8,11H,4,9-10H2,1-3H3,(H,19,23). The number of ether oxygens (including phenoxy) is 1. The smallest absolute Gasteiger partial charge is 0.316 e. The molecule has 1 heterocycles. The summed E-state index contributed by atoms with van der Waals surface area (Å²) in [6.45, 7) is 6.02. The van der Waals surface area contributed by atoms with Crippen LogP contribution in [0.25, 0.3) is 11.4 Å². The second kappa shape index (κ2) is 9.59. The van der Waals surface area contributed by atoms with Gasteiger partial charge in [0.2, 0.25) is 0 Å². The normalized spacial score (nSPS) is 10.8. The van der Waals surface area contributed by atoms with E-state index in [9.17, 15) is 9.59 Å². The molecule has 0 bridgehead atoms. The molecule has 1 amide bonds. The Hall–Kier alpha value is -2.06. The molecule has 7 nitrogen and oxygen atoms in total. The number of rotatable bonds is 8. The molecule has 0 spiro atoms. The van der Waals surface area contributed by atoms with Crippen LogP contribution in [-0.2, 0) is 20.9 Å². The lowest BCUT2D eigenvalue weighted by Gasteiger charge is -2.09. The summed E-state index contributed by atoms with van der Waals surface area (Å²) < 4.78 is 6.87. The van der Waals surface area contributed by atoms with Crippen LogP contribution in [0.15, 0.2) is 29.4 Å². The minimum Gasteiger partial charge on any atom is -0.455 e. The molecule has 0 aliphatic heterocycles. The van der Waals surface area contributed by atoms with Gasteiger partial charge >= 0.3 is 5.97 Å². The third-order valence-corrected chi connectivity index (χ3v) is 4.46. The van der Waals surface area contributed by atoms with E-state index in [2.05, 4.69) is 15.5 Å². The number of aromatic nitrogens is 3. The monoisotopic (exact) mass is 396 g/mol. The van der Waals surface area contributed by atoms with E-state index >= 15 is 0 Å². The van der Waals surface area contributed by atoms with Crippen molar-refractivity contribution in [3.8, 4) is 11.4 Å². The van der Waals surface area contributed by atoms with Crippen molar-refractivity contribution in [2.75, 3.05) is 12.4 Å². The Kier molecular flexibility index (Phi) is 7.47. The molecule has 0 unspecified atom stereocenters. The highest BCUT2D eigenvalue weighted by atomic mass is 35.5. The van der Waals surface area contributed by atoms with Gasteiger partial charge in [-0.25, -0.2) is 0 Å². The van der Waals surface area contributed by atoms with E-state index in [1.807, 2.05) is 37.5 Å². The SMILES string of the molecule is CCn1c(SCC(=O)OCC(=O)NC(C)C)nnc1-c1ccc(Cl)cc1. The maximum atomic E-state index is 11.8. The van der Waals surface area contributed by atoms with Crippen molar-refractivity contribution in [1.29, 1.82) is 0 Å². The van der Waals surface area contributed by atoms with Gasteiger partial charge in [-0.15, -0.1) is 10.2 Å². The molecule has 0 fully saturated rings. The minimum absolute atomic E-state index is 0.00460. The van der Waals surface area contributed by atoms with Gasteiger partial charge in [-0.3, -0.25) is 9.59 Å². The fraction of sp³-hybridized carbons (Fsp3) is 0.412. The molecule has 2 rings (SSSR count). The first-order valence-corrected chi connectivity index (χ1v) is 9.54. The molecule has 9 heteroatoms. The minimum atomic E-state index is -0.479. The lowest BCUT2D eigenvalue weighted by atomic mass is 10.2. The second-order valence-electron chi connectivity index (χ2n) is 5.73. The topological polar surface area (TPSA) is 86.1 Å². The predicted octanol–water partition coefficient (Wildman–Crippen LogP) is 2.78. The van der Waals surface area contributed by atoms with Crippen LogP contribution in [0.3, 0.4) is 0 Å². The number of amides is 1. The van der Waals surface area contributed by atoms with Crippen molar-refractivity contribution >= 4 is 35.2 Å². The molecular formula is C17H21ClN4O3S. The molecule has 0 aliphatic rings. The van der Waals surface area contributed by atoms with Crippen molar-refractivity contribution in [3.05, 3.63) is 29.3 Å². The van der Waals surface area contributed by atoms with Crippen LogP contribution >= 0.6 is 23.4 Å². The number of nitrogens with zero attached hydrogens (tertiary/aromatic N) is 3. The lowest BCUT2D eigenvalue weighted by molar-refractivity contribution is -0.146. The van der Waals surface area contributed by atoms with Gasteiger partial charge in [0.1, 0.15) is 0 Å². The fourth-order valence-corrected chi connectivity index (χ4v) is 3.09. The maximum absolute atomic E-state index is 11.8. The van der Waals surface area contributed by atoms with Gasteiger partial charge in [0.15, 0.2) is 17.6 Å². The van der Waals surface area contributed by atoms with Crippen LogP contribution in [0, 0.1) is 0 Å². The van der Waals surface area contributed by atoms with Crippen molar-refractivity contribution in [3.63, 3.8) is 0 Å². The van der Waals surface area contributed by atoms with Crippen LogP contribution in [0.2, 0.25) is 5.02 Å². The number of halogens is 1. The number of esters is 1. The molecule has 1 aromatic carbocycles. The Morgan fingerprint density at radius 2 is 1.96 bits per heavy atom. The first-order valence-electron chi connectivity index (χ1n) is 8.17. The molecule has 1 aromatic heterocycles. The van der Waals surface area contributed by atoms with Gasteiger partial charge in [0.05, 0.1) is 5.75 Å². The van der Waals surface area contributed by atoms with E-state index in [1.54, 1.807) is 12.1 Å². The largest absolute Gasteiger partial charge is 0.455 e. The number of thioether (sulfide) groups is 1. The molecule has 0 saturated carbocycles. The van der Waals surface area contributed by atoms with E-state index in [1.165, 1.54) is 11.8 Å². The third kappa shape index (κ3) is 5.74. The summed E-state index contributed by atoms with van der Waals surface area (Å²) in [6, 6.07) is 7.32. The first-order chi connectivity index (χ1) is 12.4. The zero-order valence-electron chi connectivity index (χ0n) is 14.9. The van der Waals surface area contributed by atoms with E-state index in [4.69, 9.17) is 16.3 Å². The summed E-state index contributed by atoms with van der Waals surface area (Å²) in [6.07, 6.45) is 0. The Labute approximate surface area is 161 Å². The highest BCUT2D eigenvalue weighted by Crippen LogP contribution is 2.25. The lowest BCUT2D eigenvalue weighted by Crippen LogP contribution is -2.34. The molecule has 26 heavy (non-hydrogen) atoms. The average Bonchev–Trinajstić information content (AvgIpc) is 3.01. The van der Waals surface area contributed by atoms with E-state index in [-0.39, 0.29) is 24.3 Å². The van der Waals surface area contributed by atoms with E-state index < -0.39 is 5.97 Å².